The van der Waals surface area contributed by atoms with E-state index in [1.165, 1.54) is 19.2 Å². The Kier molecular flexibility index (Phi) is 15.8. The Hall–Kier alpha value is -3.47. The van der Waals surface area contributed by atoms with Gasteiger partial charge in [-0.25, -0.2) is 9.78 Å². The average molecular weight is 752 g/mol. The fourth-order valence-corrected chi connectivity index (χ4v) is 5.65. The number of rotatable bonds is 14. The number of oxime groups is 1. The monoisotopic (exact) mass is 751 g/mol. The van der Waals surface area contributed by atoms with Gasteiger partial charge in [0.25, 0.3) is 12.0 Å². The van der Waals surface area contributed by atoms with E-state index in [2.05, 4.69) is 24.7 Å². The van der Waals surface area contributed by atoms with E-state index in [1.807, 2.05) is 0 Å². The number of benzene rings is 1. The summed E-state index contributed by atoms with van der Waals surface area (Å²) in [6.45, 7) is 4.11. The van der Waals surface area contributed by atoms with Gasteiger partial charge in [0.2, 0.25) is 0 Å². The Morgan fingerprint density at radius 2 is 1.83 bits per heavy atom. The number of β-lactam (4-membered cyclic amide) rings is 1. The number of carboxylic acid groups (broad SMARTS) is 1. The molecule has 1 aromatic carbocycles. The second kappa shape index (κ2) is 17.8. The minimum Gasteiger partial charge on any atom is -0.489 e. The molecule has 3 heterocycles. The number of hydrogen-bond donors (Lipinski definition) is 5. The zero-order valence-corrected chi connectivity index (χ0v) is 28.9. The van der Waals surface area contributed by atoms with Crippen molar-refractivity contribution in [1.82, 2.24) is 15.4 Å². The third-order valence-corrected chi connectivity index (χ3v) is 8.20. The third kappa shape index (κ3) is 10.8. The summed E-state index contributed by atoms with van der Waals surface area (Å²) in [6, 6.07) is 6.73. The van der Waals surface area contributed by atoms with Crippen molar-refractivity contribution in [2.24, 2.45) is 21.8 Å². The molecular weight excluding hydrogens is 711 g/mol. The zero-order valence-electron chi connectivity index (χ0n) is 25.3. The van der Waals surface area contributed by atoms with Gasteiger partial charge < -0.3 is 31.5 Å². The molecule has 2 fully saturated rings. The van der Waals surface area contributed by atoms with Gasteiger partial charge in [0.1, 0.15) is 23.9 Å². The van der Waals surface area contributed by atoms with Crippen LogP contribution in [0.1, 0.15) is 51.8 Å². The third-order valence-electron chi connectivity index (χ3n) is 7.19. The van der Waals surface area contributed by atoms with Crippen LogP contribution in [0.3, 0.4) is 0 Å². The normalized spacial score (nSPS) is 18.7. The molecule has 2 aliphatic heterocycles. The number of nitrogens with zero attached hydrogens (tertiary/aromatic N) is 4. The number of piperidine rings is 1. The number of hydrogen-bond acceptors (Lipinski definition) is 14. The highest BCUT2D eigenvalue weighted by Crippen LogP contribution is 2.40. The smallest absolute Gasteiger partial charge is 0.418 e. The first-order chi connectivity index (χ1) is 21.2. The van der Waals surface area contributed by atoms with Crippen molar-refractivity contribution >= 4 is 83.1 Å². The summed E-state index contributed by atoms with van der Waals surface area (Å²) in [7, 11) is -4.99. The molecule has 2 atom stereocenters. The van der Waals surface area contributed by atoms with E-state index in [0.29, 0.717) is 22.2 Å². The van der Waals surface area contributed by atoms with Gasteiger partial charge in [-0.1, -0.05) is 12.6 Å². The largest absolute Gasteiger partial charge is 0.489 e. The SMILES string of the molecule is C.CC1(C)C(CC(=O)/C(=N\O[C@@H](COc2ccc(C(N)=NC3CCNCC3)cc2)C(=O)O)c2csc(N)n2)C(=O)N1OS(=O)(=O)O.S.S. The van der Waals surface area contributed by atoms with Crippen molar-refractivity contribution < 1.29 is 46.3 Å². The van der Waals surface area contributed by atoms with E-state index < -0.39 is 64.4 Å². The number of nitrogens with one attached hydrogen (secondary N) is 1. The number of aliphatic imine (C=N–C) groups is 1. The Morgan fingerprint density at radius 1 is 1.21 bits per heavy atom. The molecule has 48 heavy (non-hydrogen) atoms. The Labute approximate surface area is 295 Å². The van der Waals surface area contributed by atoms with E-state index >= 15 is 0 Å². The predicted octanol–water partition coefficient (Wildman–Crippen LogP) is 1.23. The second-order valence-corrected chi connectivity index (χ2v) is 12.6. The Morgan fingerprint density at radius 3 is 2.35 bits per heavy atom. The molecule has 1 aromatic heterocycles. The molecule has 2 aliphatic rings. The van der Waals surface area contributed by atoms with Gasteiger partial charge in [-0.3, -0.25) is 19.1 Å². The van der Waals surface area contributed by atoms with Crippen molar-refractivity contribution in [3.05, 3.63) is 40.9 Å². The maximum absolute atomic E-state index is 13.3. The van der Waals surface area contributed by atoms with Gasteiger partial charge in [0.15, 0.2) is 16.6 Å². The van der Waals surface area contributed by atoms with Crippen LogP contribution in [0.15, 0.2) is 39.8 Å². The van der Waals surface area contributed by atoms with Crippen molar-refractivity contribution in [1.29, 1.82) is 0 Å². The fraction of sp³-hybridized carbons (Fsp3) is 0.481. The predicted molar refractivity (Wildman–Crippen MR) is 188 cm³/mol. The van der Waals surface area contributed by atoms with E-state index in [1.54, 1.807) is 24.3 Å². The highest BCUT2D eigenvalue weighted by molar-refractivity contribution is 7.80. The molecule has 1 amide bonds. The summed E-state index contributed by atoms with van der Waals surface area (Å²) in [5.41, 5.74) is 10.8. The number of amidine groups is 1. The Bertz CT molecular complexity index is 1590. The molecule has 0 bridgehead atoms. The molecule has 2 aromatic rings. The fourth-order valence-electron chi connectivity index (χ4n) is 4.65. The average Bonchev–Trinajstić information content (AvgIpc) is 3.41. The van der Waals surface area contributed by atoms with Crippen LogP contribution in [0, 0.1) is 5.92 Å². The van der Waals surface area contributed by atoms with Gasteiger partial charge in [-0.2, -0.15) is 40.5 Å². The quantitative estimate of drug-likeness (QED) is 0.0598. The van der Waals surface area contributed by atoms with Gasteiger partial charge in [-0.15, -0.1) is 15.6 Å². The molecule has 4 rings (SSSR count). The van der Waals surface area contributed by atoms with Crippen LogP contribution in [0.2, 0.25) is 0 Å². The topological polar surface area (TPSA) is 258 Å². The van der Waals surface area contributed by atoms with Crippen LogP contribution in [0.5, 0.6) is 5.75 Å². The number of hydroxylamine groups is 2. The number of aliphatic carboxylic acids is 1. The number of Topliss-reactive ketones (excluding diaryl/α,β-unsaturated/α-hetero) is 1. The molecular formula is C27H41N7O10S4. The first-order valence-electron chi connectivity index (χ1n) is 13.6. The summed E-state index contributed by atoms with van der Waals surface area (Å²) in [4.78, 5) is 51.5. The number of amides is 1. The molecule has 2 saturated heterocycles. The molecule has 0 radical (unpaired) electrons. The van der Waals surface area contributed by atoms with Gasteiger partial charge in [0, 0.05) is 17.4 Å². The summed E-state index contributed by atoms with van der Waals surface area (Å²) >= 11 is 0.984. The lowest BCUT2D eigenvalue weighted by atomic mass is 9.74. The van der Waals surface area contributed by atoms with Crippen LogP contribution in [-0.2, 0) is 33.9 Å². The number of anilines is 1. The van der Waals surface area contributed by atoms with Crippen molar-refractivity contribution in [3.8, 4) is 5.75 Å². The lowest BCUT2D eigenvalue weighted by Crippen LogP contribution is -2.68. The van der Waals surface area contributed by atoms with Crippen LogP contribution in [0.25, 0.3) is 0 Å². The number of ketones is 1. The van der Waals surface area contributed by atoms with E-state index in [4.69, 9.17) is 25.6 Å². The molecule has 0 saturated carbocycles. The first kappa shape index (κ1) is 42.6. The molecule has 0 aliphatic carbocycles. The highest BCUT2D eigenvalue weighted by Gasteiger charge is 2.57. The van der Waals surface area contributed by atoms with Crippen molar-refractivity contribution in [3.63, 3.8) is 0 Å². The highest BCUT2D eigenvalue weighted by atomic mass is 32.3. The molecule has 0 spiro atoms. The minimum atomic E-state index is -4.99. The van der Waals surface area contributed by atoms with Gasteiger partial charge >= 0.3 is 16.4 Å². The van der Waals surface area contributed by atoms with Crippen molar-refractivity contribution in [2.75, 3.05) is 25.4 Å². The van der Waals surface area contributed by atoms with E-state index in [-0.39, 0.29) is 51.3 Å². The Balaban J connectivity index is 0.00000384. The van der Waals surface area contributed by atoms with E-state index in [0.717, 1.165) is 37.3 Å². The maximum atomic E-state index is 13.3. The standard InChI is InChI=1S/C26H33N7O10S2.CH4.2H2S/c1-26(2)17(23(35)33(26)43-45(38,39)40)11-19(34)21(18-13-44-25(28)31-18)32-42-20(24(36)37)12-41-16-5-3-14(4-6-16)22(27)30-15-7-9-29-10-8-15;;;/h3-6,13,15,17,20,29H,7-12H2,1-2H3,(H2,27,30)(H2,28,31)(H,36,37)(H,38,39,40);1H4;2*1H2/b32-21-;;;/t17?,20-;;;/m0.../s1. The van der Waals surface area contributed by atoms with Crippen LogP contribution in [-0.4, -0.2) is 94.7 Å². The number of nitrogens with two attached hydrogens (primary N) is 2. The lowest BCUT2D eigenvalue weighted by Gasteiger charge is -2.50. The van der Waals surface area contributed by atoms with Gasteiger partial charge in [0.05, 0.1) is 17.5 Å². The van der Waals surface area contributed by atoms with Gasteiger partial charge in [-0.05, 0) is 64.0 Å². The number of nitrogen functional groups attached to an aromatic ring is 1. The zero-order chi connectivity index (χ0) is 32.9. The number of carbonyl (C=O) groups is 3. The molecule has 1 unspecified atom stereocenters. The number of carboxylic acids is 1. The molecule has 17 nitrogen and oxygen atoms in total. The molecule has 21 heteroatoms. The number of carbonyl (C=O) groups excluding carboxylic acids is 2. The van der Waals surface area contributed by atoms with Crippen molar-refractivity contribution in [2.45, 2.75) is 58.2 Å². The molecule has 268 valence electrons. The minimum absolute atomic E-state index is 0. The summed E-state index contributed by atoms with van der Waals surface area (Å²) in [5, 5.41) is 18.7. The number of aromatic nitrogens is 1. The summed E-state index contributed by atoms with van der Waals surface area (Å²) < 4.78 is 41.0. The lowest BCUT2D eigenvalue weighted by molar-refractivity contribution is -0.228. The maximum Gasteiger partial charge on any atom is 0.418 e. The van der Waals surface area contributed by atoms with E-state index in [9.17, 15) is 27.9 Å². The number of thiazole rings is 1. The molecule has 7 N–H and O–H groups in total. The van der Waals surface area contributed by atoms with Crippen LogP contribution in [0.4, 0.5) is 5.13 Å². The second-order valence-electron chi connectivity index (χ2n) is 10.7. The summed E-state index contributed by atoms with van der Waals surface area (Å²) in [5.74, 6) is -3.47. The first-order valence-corrected chi connectivity index (χ1v) is 15.9. The van der Waals surface area contributed by atoms with Crippen LogP contribution < -0.4 is 21.5 Å². The van der Waals surface area contributed by atoms with Crippen LogP contribution >= 0.6 is 38.3 Å². The summed E-state index contributed by atoms with van der Waals surface area (Å²) in [6.07, 6.45) is -0.367. The number of ether oxygens (including phenoxy) is 1.